The van der Waals surface area contributed by atoms with E-state index in [9.17, 15) is 14.4 Å². The number of ketones is 1. The molecule has 1 saturated heterocycles. The van der Waals surface area contributed by atoms with Crippen LogP contribution in [0.2, 0.25) is 0 Å². The first-order valence-electron chi connectivity index (χ1n) is 10.2. The van der Waals surface area contributed by atoms with E-state index in [2.05, 4.69) is 17.4 Å². The third kappa shape index (κ3) is 4.43. The zero-order valence-corrected chi connectivity index (χ0v) is 16.9. The molecule has 0 bridgehead atoms. The van der Waals surface area contributed by atoms with Crippen molar-refractivity contribution >= 4 is 17.6 Å². The van der Waals surface area contributed by atoms with Crippen LogP contribution in [0.5, 0.6) is 0 Å². The number of hydrogen-bond acceptors (Lipinski definition) is 4. The van der Waals surface area contributed by atoms with Gasteiger partial charge in [-0.05, 0) is 30.4 Å². The quantitative estimate of drug-likeness (QED) is 0.812. The smallest absolute Gasteiger partial charge is 0.224 e. The number of nitrogens with zero attached hydrogens (tertiary/aromatic N) is 1. The Morgan fingerprint density at radius 3 is 2.64 bits per heavy atom. The van der Waals surface area contributed by atoms with E-state index in [1.807, 2.05) is 30.9 Å². The molecule has 0 saturated carbocycles. The first-order chi connectivity index (χ1) is 13.4. The third-order valence-electron chi connectivity index (χ3n) is 6.15. The summed E-state index contributed by atoms with van der Waals surface area (Å²) in [5.41, 5.74) is 2.46. The van der Waals surface area contributed by atoms with Crippen molar-refractivity contribution < 1.29 is 19.1 Å². The van der Waals surface area contributed by atoms with Crippen LogP contribution in [0.4, 0.5) is 0 Å². The lowest BCUT2D eigenvalue weighted by Crippen LogP contribution is -2.48. The molecule has 1 fully saturated rings. The number of carbonyl (C=O) groups is 3. The molecule has 1 aromatic rings. The third-order valence-corrected chi connectivity index (χ3v) is 6.15. The number of fused-ring (bicyclic) bond motifs is 1. The summed E-state index contributed by atoms with van der Waals surface area (Å²) in [5, 5.41) is 2.83. The summed E-state index contributed by atoms with van der Waals surface area (Å²) in [4.78, 5) is 39.7. The molecule has 1 N–H and O–H groups in total. The minimum Gasteiger partial charge on any atom is -0.368 e. The molecule has 0 radical (unpaired) electrons. The Labute approximate surface area is 166 Å². The van der Waals surface area contributed by atoms with Gasteiger partial charge in [-0.2, -0.15) is 0 Å². The Bertz CT molecular complexity index is 748. The summed E-state index contributed by atoms with van der Waals surface area (Å²) in [7, 11) is 0. The van der Waals surface area contributed by atoms with Crippen LogP contribution in [0.3, 0.4) is 0 Å². The summed E-state index contributed by atoms with van der Waals surface area (Å²) in [6.07, 6.45) is 1.47. The van der Waals surface area contributed by atoms with Gasteiger partial charge in [0.15, 0.2) is 5.78 Å². The lowest BCUT2D eigenvalue weighted by atomic mass is 9.87. The van der Waals surface area contributed by atoms with Crippen molar-refractivity contribution in [2.45, 2.75) is 58.7 Å². The lowest BCUT2D eigenvalue weighted by Gasteiger charge is -2.31. The molecule has 2 unspecified atom stereocenters. The van der Waals surface area contributed by atoms with Gasteiger partial charge in [0.1, 0.15) is 12.6 Å². The molecule has 28 heavy (non-hydrogen) atoms. The number of hydrogen-bond donors (Lipinski definition) is 1. The predicted molar refractivity (Wildman–Crippen MR) is 105 cm³/mol. The SMILES string of the molecule is CC[C@H](C)[C@@H](CC(=O)N1CCc2ccccc2C1)C(=O)NC1C(=O)COC1C. The second-order valence-electron chi connectivity index (χ2n) is 8.00. The van der Waals surface area contributed by atoms with E-state index >= 15 is 0 Å². The second kappa shape index (κ2) is 8.86. The topological polar surface area (TPSA) is 75.7 Å². The molecule has 2 aliphatic rings. The van der Waals surface area contributed by atoms with Crippen LogP contribution in [0, 0.1) is 11.8 Å². The number of rotatable bonds is 6. The summed E-state index contributed by atoms with van der Waals surface area (Å²) in [6.45, 7) is 7.08. The summed E-state index contributed by atoms with van der Waals surface area (Å²) in [6, 6.07) is 7.56. The number of ether oxygens (including phenoxy) is 1. The van der Waals surface area contributed by atoms with E-state index in [0.29, 0.717) is 13.1 Å². The summed E-state index contributed by atoms with van der Waals surface area (Å²) >= 11 is 0. The van der Waals surface area contributed by atoms with E-state index < -0.39 is 12.0 Å². The maximum Gasteiger partial charge on any atom is 0.224 e. The van der Waals surface area contributed by atoms with E-state index in [1.54, 1.807) is 6.92 Å². The lowest BCUT2D eigenvalue weighted by molar-refractivity contribution is -0.139. The number of Topliss-reactive ketones (excluding diaryl/α,β-unsaturated/α-hetero) is 1. The fourth-order valence-electron chi connectivity index (χ4n) is 3.98. The molecule has 0 spiro atoms. The minimum absolute atomic E-state index is 0.00278. The average molecular weight is 386 g/mol. The minimum atomic E-state index is -0.615. The number of nitrogens with one attached hydrogen (secondary N) is 1. The highest BCUT2D eigenvalue weighted by molar-refractivity contribution is 5.93. The molecule has 152 valence electrons. The fourth-order valence-corrected chi connectivity index (χ4v) is 3.98. The Morgan fingerprint density at radius 1 is 1.29 bits per heavy atom. The molecule has 2 aliphatic heterocycles. The monoisotopic (exact) mass is 386 g/mol. The average Bonchev–Trinajstić information content (AvgIpc) is 3.02. The molecule has 6 nitrogen and oxygen atoms in total. The highest BCUT2D eigenvalue weighted by Crippen LogP contribution is 2.24. The molecule has 4 atom stereocenters. The normalized spacial score (nSPS) is 23.8. The van der Waals surface area contributed by atoms with Gasteiger partial charge in [-0.25, -0.2) is 0 Å². The summed E-state index contributed by atoms with van der Waals surface area (Å²) in [5.74, 6) is -0.737. The molecule has 2 amide bonds. The van der Waals surface area contributed by atoms with Crippen LogP contribution < -0.4 is 5.32 Å². The number of benzene rings is 1. The van der Waals surface area contributed by atoms with E-state index in [1.165, 1.54) is 11.1 Å². The van der Waals surface area contributed by atoms with Crippen molar-refractivity contribution in [3.05, 3.63) is 35.4 Å². The van der Waals surface area contributed by atoms with Crippen LogP contribution in [0.25, 0.3) is 0 Å². The van der Waals surface area contributed by atoms with Crippen molar-refractivity contribution in [1.29, 1.82) is 0 Å². The van der Waals surface area contributed by atoms with Crippen LogP contribution in [-0.2, 0) is 32.1 Å². The highest BCUT2D eigenvalue weighted by Gasteiger charge is 2.37. The van der Waals surface area contributed by atoms with Gasteiger partial charge in [0.25, 0.3) is 0 Å². The maximum absolute atomic E-state index is 13.0. The standard InChI is InChI=1S/C22H30N2O4/c1-4-14(2)18(22(27)23-21-15(3)28-13-19(21)25)11-20(26)24-10-9-16-7-5-6-8-17(16)12-24/h5-8,14-15,18,21H,4,9-13H2,1-3H3,(H,23,27)/t14-,15?,18+,21?/m0/s1. The predicted octanol–water partition coefficient (Wildman–Crippen LogP) is 2.10. The van der Waals surface area contributed by atoms with Gasteiger partial charge in [-0.3, -0.25) is 14.4 Å². The van der Waals surface area contributed by atoms with Crippen molar-refractivity contribution in [2.24, 2.45) is 11.8 Å². The Kier molecular flexibility index (Phi) is 6.50. The molecule has 1 aromatic carbocycles. The van der Waals surface area contributed by atoms with Crippen molar-refractivity contribution in [1.82, 2.24) is 10.2 Å². The number of carbonyl (C=O) groups excluding carboxylic acids is 3. The maximum atomic E-state index is 13.0. The van der Waals surface area contributed by atoms with Crippen molar-refractivity contribution in [2.75, 3.05) is 13.2 Å². The number of amides is 2. The Hall–Kier alpha value is -2.21. The molecule has 0 aliphatic carbocycles. The van der Waals surface area contributed by atoms with Gasteiger partial charge in [-0.15, -0.1) is 0 Å². The fraction of sp³-hybridized carbons (Fsp3) is 0.591. The van der Waals surface area contributed by atoms with Gasteiger partial charge in [0.05, 0.1) is 6.10 Å². The summed E-state index contributed by atoms with van der Waals surface area (Å²) < 4.78 is 5.32. The molecule has 0 aromatic heterocycles. The van der Waals surface area contributed by atoms with Crippen LogP contribution >= 0.6 is 0 Å². The van der Waals surface area contributed by atoms with Gasteiger partial charge >= 0.3 is 0 Å². The van der Waals surface area contributed by atoms with Gasteiger partial charge < -0.3 is 15.0 Å². The molecular weight excluding hydrogens is 356 g/mol. The van der Waals surface area contributed by atoms with E-state index in [4.69, 9.17) is 4.74 Å². The van der Waals surface area contributed by atoms with Gasteiger partial charge in [0.2, 0.25) is 11.8 Å². The first kappa shape index (κ1) is 20.5. The van der Waals surface area contributed by atoms with Crippen LogP contribution in [-0.4, -0.2) is 47.8 Å². The van der Waals surface area contributed by atoms with Crippen molar-refractivity contribution in [3.63, 3.8) is 0 Å². The zero-order chi connectivity index (χ0) is 20.3. The van der Waals surface area contributed by atoms with Crippen molar-refractivity contribution in [3.8, 4) is 0 Å². The second-order valence-corrected chi connectivity index (χ2v) is 8.00. The van der Waals surface area contributed by atoms with Gasteiger partial charge in [0, 0.05) is 25.4 Å². The largest absolute Gasteiger partial charge is 0.368 e. The van der Waals surface area contributed by atoms with E-state index in [-0.39, 0.29) is 42.6 Å². The van der Waals surface area contributed by atoms with Crippen LogP contribution in [0.15, 0.2) is 24.3 Å². The van der Waals surface area contributed by atoms with Gasteiger partial charge in [-0.1, -0.05) is 44.5 Å². The molecule has 6 heteroatoms. The Balaban J connectivity index is 1.66. The van der Waals surface area contributed by atoms with E-state index in [0.717, 1.165) is 12.8 Å². The zero-order valence-electron chi connectivity index (χ0n) is 16.9. The molecule has 2 heterocycles. The van der Waals surface area contributed by atoms with Crippen LogP contribution in [0.1, 0.15) is 44.7 Å². The molecule has 3 rings (SSSR count). The first-order valence-corrected chi connectivity index (χ1v) is 10.2. The molecular formula is C22H30N2O4. The highest BCUT2D eigenvalue weighted by atomic mass is 16.5. The Morgan fingerprint density at radius 2 is 2.00 bits per heavy atom.